The maximum Gasteiger partial charge on any atom is 0.330 e. The van der Waals surface area contributed by atoms with E-state index in [2.05, 4.69) is 4.90 Å². The van der Waals surface area contributed by atoms with Gasteiger partial charge in [0.05, 0.1) is 35.5 Å². The summed E-state index contributed by atoms with van der Waals surface area (Å²) in [6.07, 6.45) is 4.69. The van der Waals surface area contributed by atoms with Crippen molar-refractivity contribution in [1.29, 1.82) is 0 Å². The third-order valence-electron chi connectivity index (χ3n) is 6.43. The highest BCUT2D eigenvalue weighted by Gasteiger charge is 2.27. The van der Waals surface area contributed by atoms with Crippen molar-refractivity contribution in [3.8, 4) is 0 Å². The molecule has 0 aromatic heterocycles. The van der Waals surface area contributed by atoms with Gasteiger partial charge < -0.3 is 14.6 Å². The molecule has 3 rings (SSSR count). The summed E-state index contributed by atoms with van der Waals surface area (Å²) < 4.78 is 25.2. The maximum absolute atomic E-state index is 14.3. The van der Waals surface area contributed by atoms with Crippen LogP contribution in [-0.2, 0) is 20.7 Å². The van der Waals surface area contributed by atoms with Crippen molar-refractivity contribution in [2.24, 2.45) is 0 Å². The van der Waals surface area contributed by atoms with Gasteiger partial charge in [0.15, 0.2) is 0 Å². The van der Waals surface area contributed by atoms with Crippen LogP contribution in [0.25, 0.3) is 6.08 Å². The van der Waals surface area contributed by atoms with Crippen LogP contribution < -0.4 is 0 Å². The van der Waals surface area contributed by atoms with Crippen LogP contribution in [0.5, 0.6) is 0 Å². The zero-order chi connectivity index (χ0) is 26.2. The van der Waals surface area contributed by atoms with Crippen LogP contribution in [0.3, 0.4) is 0 Å². The average Bonchev–Trinajstić information content (AvgIpc) is 3.26. The van der Waals surface area contributed by atoms with Crippen molar-refractivity contribution in [3.05, 3.63) is 74.5 Å². The molecule has 2 aromatic carbocycles. The Labute approximate surface area is 222 Å². The number of halogens is 3. The van der Waals surface area contributed by atoms with E-state index < -0.39 is 18.2 Å². The number of aryl methyl sites for hydroxylation is 1. The Hall–Kier alpha value is -1.96. The highest BCUT2D eigenvalue weighted by Crippen LogP contribution is 2.28. The Morgan fingerprint density at radius 2 is 2.06 bits per heavy atom. The van der Waals surface area contributed by atoms with Gasteiger partial charge in [-0.15, -0.1) is 0 Å². The summed E-state index contributed by atoms with van der Waals surface area (Å²) in [6, 6.07) is 9.10. The molecule has 0 radical (unpaired) electrons. The molecular weight excluding hydrogens is 504 g/mol. The summed E-state index contributed by atoms with van der Waals surface area (Å²) in [5.74, 6) is -0.813. The van der Waals surface area contributed by atoms with E-state index in [4.69, 9.17) is 32.7 Å². The molecule has 2 aromatic rings. The topological polar surface area (TPSA) is 59.0 Å². The first-order chi connectivity index (χ1) is 17.2. The average molecular weight is 538 g/mol. The summed E-state index contributed by atoms with van der Waals surface area (Å²) in [7, 11) is 0. The Balaban J connectivity index is 1.59. The summed E-state index contributed by atoms with van der Waals surface area (Å²) >= 11 is 12.2. The van der Waals surface area contributed by atoms with E-state index in [1.165, 1.54) is 12.1 Å². The van der Waals surface area contributed by atoms with E-state index in [0.29, 0.717) is 39.3 Å². The van der Waals surface area contributed by atoms with Crippen LogP contribution in [-0.4, -0.2) is 54.4 Å². The number of aliphatic hydroxyl groups is 1. The quantitative estimate of drug-likeness (QED) is 0.274. The second-order valence-corrected chi connectivity index (χ2v) is 10.0. The molecule has 0 bridgehead atoms. The van der Waals surface area contributed by atoms with E-state index in [1.54, 1.807) is 26.0 Å². The molecule has 0 spiro atoms. The van der Waals surface area contributed by atoms with Crippen molar-refractivity contribution >= 4 is 35.2 Å². The van der Waals surface area contributed by atoms with Gasteiger partial charge in [0.25, 0.3) is 0 Å². The number of rotatable bonds is 11. The minimum atomic E-state index is -0.698. The second-order valence-electron chi connectivity index (χ2n) is 9.19. The number of hydrogen-bond acceptors (Lipinski definition) is 5. The number of esters is 1. The number of β-amino-alcohol motifs (C(OH)–C–C–N with tert-alkyl or cyclic N) is 1. The molecule has 1 aliphatic heterocycles. The molecule has 1 saturated heterocycles. The van der Waals surface area contributed by atoms with E-state index in [1.807, 2.05) is 25.1 Å². The summed E-state index contributed by atoms with van der Waals surface area (Å²) in [4.78, 5) is 14.0. The SMILES string of the molecule is CCOC(=O)/C=C/c1cc(C)c(F)cc1[C@@H](C)OC[C@H](O)CN1CCC[C@H]1Cc1ccc(Cl)c(Cl)c1. The highest BCUT2D eigenvalue weighted by molar-refractivity contribution is 6.42. The molecule has 1 N–H and O–H groups in total. The third-order valence-corrected chi connectivity index (χ3v) is 7.17. The monoisotopic (exact) mass is 537 g/mol. The normalized spacial score (nSPS) is 18.0. The Morgan fingerprint density at radius 1 is 1.28 bits per heavy atom. The predicted octanol–water partition coefficient (Wildman–Crippen LogP) is 6.16. The fourth-order valence-corrected chi connectivity index (χ4v) is 4.86. The van der Waals surface area contributed by atoms with Crippen molar-refractivity contribution < 1.29 is 23.8 Å². The minimum Gasteiger partial charge on any atom is -0.463 e. The Kier molecular flexibility index (Phi) is 10.8. The van der Waals surface area contributed by atoms with Gasteiger partial charge in [0, 0.05) is 18.7 Å². The lowest BCUT2D eigenvalue weighted by atomic mass is 9.99. The maximum atomic E-state index is 14.3. The smallest absolute Gasteiger partial charge is 0.330 e. The van der Waals surface area contributed by atoms with Crippen molar-refractivity contribution in [2.45, 2.75) is 58.3 Å². The van der Waals surface area contributed by atoms with Crippen molar-refractivity contribution in [2.75, 3.05) is 26.3 Å². The van der Waals surface area contributed by atoms with Crippen LogP contribution in [0.2, 0.25) is 10.0 Å². The number of nitrogens with zero attached hydrogens (tertiary/aromatic N) is 1. The van der Waals surface area contributed by atoms with Crippen LogP contribution in [0, 0.1) is 12.7 Å². The van der Waals surface area contributed by atoms with E-state index >= 15 is 0 Å². The Morgan fingerprint density at radius 3 is 2.78 bits per heavy atom. The first-order valence-corrected chi connectivity index (χ1v) is 13.1. The lowest BCUT2D eigenvalue weighted by Gasteiger charge is -2.27. The fraction of sp³-hybridized carbons (Fsp3) is 0.464. The van der Waals surface area contributed by atoms with Crippen molar-refractivity contribution in [3.63, 3.8) is 0 Å². The molecule has 1 heterocycles. The highest BCUT2D eigenvalue weighted by atomic mass is 35.5. The number of likely N-dealkylation sites (tertiary alicyclic amines) is 1. The zero-order valence-corrected chi connectivity index (χ0v) is 22.5. The van der Waals surface area contributed by atoms with Gasteiger partial charge >= 0.3 is 5.97 Å². The molecule has 36 heavy (non-hydrogen) atoms. The van der Waals surface area contributed by atoms with E-state index in [0.717, 1.165) is 31.4 Å². The molecule has 5 nitrogen and oxygen atoms in total. The van der Waals surface area contributed by atoms with Gasteiger partial charge in [-0.1, -0.05) is 29.3 Å². The largest absolute Gasteiger partial charge is 0.463 e. The molecule has 0 saturated carbocycles. The Bertz CT molecular complexity index is 1080. The van der Waals surface area contributed by atoms with Gasteiger partial charge in [-0.25, -0.2) is 9.18 Å². The molecule has 1 fully saturated rings. The molecule has 3 atom stereocenters. The van der Waals surface area contributed by atoms with Crippen LogP contribution >= 0.6 is 23.2 Å². The molecule has 0 unspecified atom stereocenters. The summed E-state index contributed by atoms with van der Waals surface area (Å²) in [5, 5.41) is 11.8. The van der Waals surface area contributed by atoms with Crippen molar-refractivity contribution in [1.82, 2.24) is 4.90 Å². The number of hydrogen-bond donors (Lipinski definition) is 1. The lowest BCUT2D eigenvalue weighted by molar-refractivity contribution is -0.137. The van der Waals surface area contributed by atoms with Gasteiger partial charge in [-0.3, -0.25) is 4.90 Å². The lowest BCUT2D eigenvalue weighted by Crippen LogP contribution is -2.39. The van der Waals surface area contributed by atoms with Gasteiger partial charge in [-0.2, -0.15) is 0 Å². The summed E-state index contributed by atoms with van der Waals surface area (Å²) in [5.41, 5.74) is 2.86. The molecule has 0 amide bonds. The van der Waals surface area contributed by atoms with Crippen LogP contribution in [0.4, 0.5) is 4.39 Å². The van der Waals surface area contributed by atoms with Crippen LogP contribution in [0.15, 0.2) is 36.4 Å². The predicted molar refractivity (Wildman–Crippen MR) is 142 cm³/mol. The molecular formula is C28H34Cl2FNO4. The van der Waals surface area contributed by atoms with Crippen LogP contribution in [0.1, 0.15) is 55.0 Å². The second kappa shape index (κ2) is 13.5. The minimum absolute atomic E-state index is 0.105. The number of carbonyl (C=O) groups is 1. The zero-order valence-electron chi connectivity index (χ0n) is 21.0. The number of aliphatic hydroxyl groups excluding tert-OH is 1. The van der Waals surface area contributed by atoms with E-state index in [-0.39, 0.29) is 19.0 Å². The standard InChI is InChI=1S/C28H34Cl2FNO4/c1-4-35-28(34)10-8-21-12-18(2)27(31)15-24(21)19(3)36-17-23(33)16-32-11-5-6-22(32)13-20-7-9-25(29)26(30)14-20/h7-10,12,14-15,19,22-23,33H,4-6,11,13,16-17H2,1-3H3/b10-8+/t19-,22+,23-/m1/s1. The van der Waals surface area contributed by atoms with Gasteiger partial charge in [0.2, 0.25) is 0 Å². The summed E-state index contributed by atoms with van der Waals surface area (Å²) in [6.45, 7) is 6.98. The molecule has 0 aliphatic carbocycles. The number of benzene rings is 2. The number of ether oxygens (including phenoxy) is 2. The fourth-order valence-electron chi connectivity index (χ4n) is 4.54. The number of carbonyl (C=O) groups excluding carboxylic acids is 1. The van der Waals surface area contributed by atoms with Gasteiger partial charge in [-0.05, 0) is 99.2 Å². The first kappa shape index (κ1) is 28.6. The third kappa shape index (κ3) is 8.02. The molecule has 1 aliphatic rings. The van der Waals surface area contributed by atoms with Gasteiger partial charge in [0.1, 0.15) is 5.82 Å². The first-order valence-electron chi connectivity index (χ1n) is 12.3. The van der Waals surface area contributed by atoms with E-state index in [9.17, 15) is 14.3 Å². The molecule has 8 heteroatoms. The molecule has 196 valence electrons.